The Kier molecular flexibility index (Phi) is 6.95. The third-order valence-corrected chi connectivity index (χ3v) is 7.06. The molecule has 10 heteroatoms. The molecule has 34 heavy (non-hydrogen) atoms. The molecule has 0 aliphatic carbocycles. The van der Waals surface area contributed by atoms with Crippen molar-refractivity contribution in [3.8, 4) is 17.6 Å². The van der Waals surface area contributed by atoms with E-state index in [9.17, 15) is 14.9 Å². The minimum atomic E-state index is -0.369. The average molecular weight is 497 g/mol. The summed E-state index contributed by atoms with van der Waals surface area (Å²) in [7, 11) is 0. The second-order valence-electron chi connectivity index (χ2n) is 7.80. The van der Waals surface area contributed by atoms with Crippen LogP contribution in [0.4, 0.5) is 5.82 Å². The van der Waals surface area contributed by atoms with Gasteiger partial charge in [-0.05, 0) is 49.6 Å². The predicted octanol–water partition coefficient (Wildman–Crippen LogP) is 4.00. The molecule has 8 nitrogen and oxygen atoms in total. The number of fused-ring (bicyclic) bond motifs is 1. The number of thiocarbonyl (C=S) groups is 1. The standard InChI is InChI=1S/C24H24N4O4S2/c1-4-8-28-23(30)20(34-24(28)33)10-16-14(3)17(11-25)22(29)27(5-2)21(16)26-12-15-6-7-18-19(9-15)32-13-31-18/h6-7,9-10,26H,4-5,8,12-13H2,1-3H3/b20-10+. The molecule has 1 N–H and O–H groups in total. The van der Waals surface area contributed by atoms with Gasteiger partial charge in [-0.15, -0.1) is 0 Å². The fraction of sp³-hybridized carbons (Fsp3) is 0.333. The van der Waals surface area contributed by atoms with E-state index in [1.807, 2.05) is 38.1 Å². The van der Waals surface area contributed by atoms with Gasteiger partial charge in [0.05, 0.1) is 4.91 Å². The number of ether oxygens (including phenoxy) is 2. The van der Waals surface area contributed by atoms with Crippen LogP contribution in [0.5, 0.6) is 11.5 Å². The molecule has 1 saturated heterocycles. The van der Waals surface area contributed by atoms with E-state index in [0.717, 1.165) is 12.0 Å². The molecule has 0 spiro atoms. The summed E-state index contributed by atoms with van der Waals surface area (Å²) >= 11 is 6.63. The van der Waals surface area contributed by atoms with Crippen LogP contribution in [0, 0.1) is 18.3 Å². The number of aromatic nitrogens is 1. The molecule has 0 atom stereocenters. The Labute approximate surface area is 207 Å². The van der Waals surface area contributed by atoms with Crippen LogP contribution >= 0.6 is 24.0 Å². The number of rotatable bonds is 7. The van der Waals surface area contributed by atoms with Crippen LogP contribution in [0.15, 0.2) is 27.9 Å². The Morgan fingerprint density at radius 1 is 1.26 bits per heavy atom. The molecule has 2 aliphatic rings. The number of benzene rings is 1. The molecule has 0 radical (unpaired) electrons. The second kappa shape index (κ2) is 9.91. The fourth-order valence-corrected chi connectivity index (χ4v) is 5.23. The Morgan fingerprint density at radius 3 is 2.74 bits per heavy atom. The SMILES string of the molecule is CCCN1C(=O)/C(=C\c2c(C)c(C#N)c(=O)n(CC)c2NCc2ccc3c(c2)OCO3)SC1=S. The summed E-state index contributed by atoms with van der Waals surface area (Å²) in [6.07, 6.45) is 2.53. The fourth-order valence-electron chi connectivity index (χ4n) is 3.94. The molecule has 1 aromatic carbocycles. The van der Waals surface area contributed by atoms with E-state index < -0.39 is 0 Å². The van der Waals surface area contributed by atoms with Crippen molar-refractivity contribution < 1.29 is 14.3 Å². The maximum atomic E-state index is 13.0. The lowest BCUT2D eigenvalue weighted by molar-refractivity contribution is -0.122. The van der Waals surface area contributed by atoms with Crippen molar-refractivity contribution in [2.75, 3.05) is 18.7 Å². The summed E-state index contributed by atoms with van der Waals surface area (Å²) in [5.74, 6) is 1.74. The summed E-state index contributed by atoms with van der Waals surface area (Å²) in [6.45, 7) is 7.05. The number of anilines is 1. The van der Waals surface area contributed by atoms with Gasteiger partial charge in [0.1, 0.15) is 21.8 Å². The van der Waals surface area contributed by atoms with Crippen LogP contribution in [0.25, 0.3) is 6.08 Å². The topological polar surface area (TPSA) is 96.6 Å². The molecular formula is C24H24N4O4S2. The van der Waals surface area contributed by atoms with E-state index in [-0.39, 0.29) is 23.8 Å². The molecule has 0 bridgehead atoms. The third-order valence-electron chi connectivity index (χ3n) is 5.68. The van der Waals surface area contributed by atoms with Crippen LogP contribution < -0.4 is 20.3 Å². The van der Waals surface area contributed by atoms with Crippen molar-refractivity contribution in [3.63, 3.8) is 0 Å². The Balaban J connectivity index is 1.77. The number of thioether (sulfide) groups is 1. The smallest absolute Gasteiger partial charge is 0.270 e. The molecule has 1 fully saturated rings. The number of carbonyl (C=O) groups is 1. The van der Waals surface area contributed by atoms with Crippen LogP contribution in [0.2, 0.25) is 0 Å². The zero-order valence-electron chi connectivity index (χ0n) is 19.1. The summed E-state index contributed by atoms with van der Waals surface area (Å²) in [5, 5.41) is 13.0. The number of nitriles is 1. The first-order chi connectivity index (χ1) is 16.4. The van der Waals surface area contributed by atoms with Crippen LogP contribution in [-0.2, 0) is 17.9 Å². The van der Waals surface area contributed by atoms with Gasteiger partial charge >= 0.3 is 0 Å². The highest BCUT2D eigenvalue weighted by molar-refractivity contribution is 8.26. The quantitative estimate of drug-likeness (QED) is 0.454. The van der Waals surface area contributed by atoms with Gasteiger partial charge in [-0.3, -0.25) is 19.1 Å². The minimum absolute atomic E-state index is 0.0609. The normalized spacial score (nSPS) is 15.8. The van der Waals surface area contributed by atoms with Crippen molar-refractivity contribution in [2.45, 2.75) is 40.3 Å². The number of nitrogens with zero attached hydrogens (tertiary/aromatic N) is 3. The van der Waals surface area contributed by atoms with Gasteiger partial charge in [-0.1, -0.05) is 37.0 Å². The van der Waals surface area contributed by atoms with E-state index in [1.54, 1.807) is 17.9 Å². The van der Waals surface area contributed by atoms with Gasteiger partial charge in [-0.25, -0.2) is 0 Å². The largest absolute Gasteiger partial charge is 0.454 e. The van der Waals surface area contributed by atoms with Crippen molar-refractivity contribution in [1.29, 1.82) is 5.26 Å². The first kappa shape index (κ1) is 23.9. The van der Waals surface area contributed by atoms with Gasteiger partial charge in [0.25, 0.3) is 11.5 Å². The highest BCUT2D eigenvalue weighted by Crippen LogP contribution is 2.36. The second-order valence-corrected chi connectivity index (χ2v) is 9.47. The molecule has 176 valence electrons. The number of pyridine rings is 1. The molecule has 0 saturated carbocycles. The van der Waals surface area contributed by atoms with E-state index in [0.29, 0.717) is 57.3 Å². The van der Waals surface area contributed by atoms with Crippen molar-refractivity contribution in [1.82, 2.24) is 9.47 Å². The first-order valence-electron chi connectivity index (χ1n) is 10.9. The molecular weight excluding hydrogens is 472 g/mol. The lowest BCUT2D eigenvalue weighted by Crippen LogP contribution is -2.29. The lowest BCUT2D eigenvalue weighted by Gasteiger charge is -2.19. The van der Waals surface area contributed by atoms with Crippen LogP contribution in [-0.4, -0.2) is 33.0 Å². The van der Waals surface area contributed by atoms with Crippen molar-refractivity contribution >= 4 is 46.1 Å². The predicted molar refractivity (Wildman–Crippen MR) is 136 cm³/mol. The lowest BCUT2D eigenvalue weighted by atomic mass is 10.0. The molecule has 2 aliphatic heterocycles. The number of nitrogens with one attached hydrogen (secondary N) is 1. The van der Waals surface area contributed by atoms with E-state index in [1.165, 1.54) is 16.3 Å². The zero-order chi connectivity index (χ0) is 24.4. The molecule has 4 rings (SSSR count). The number of hydrogen-bond donors (Lipinski definition) is 1. The Hall–Kier alpha value is -3.29. The van der Waals surface area contributed by atoms with E-state index in [2.05, 4.69) is 5.32 Å². The maximum Gasteiger partial charge on any atom is 0.270 e. The zero-order valence-corrected chi connectivity index (χ0v) is 20.8. The Morgan fingerprint density at radius 2 is 2.03 bits per heavy atom. The monoisotopic (exact) mass is 496 g/mol. The Bertz CT molecular complexity index is 1310. The highest BCUT2D eigenvalue weighted by atomic mass is 32.2. The van der Waals surface area contributed by atoms with Crippen molar-refractivity contribution in [2.24, 2.45) is 0 Å². The summed E-state index contributed by atoms with van der Waals surface area (Å²) in [5.41, 5.74) is 1.76. The van der Waals surface area contributed by atoms with Crippen LogP contribution in [0.1, 0.15) is 42.5 Å². The maximum absolute atomic E-state index is 13.0. The van der Waals surface area contributed by atoms with Crippen LogP contribution in [0.3, 0.4) is 0 Å². The number of hydrogen-bond acceptors (Lipinski definition) is 8. The summed E-state index contributed by atoms with van der Waals surface area (Å²) in [4.78, 5) is 28.0. The van der Waals surface area contributed by atoms with Crippen molar-refractivity contribution in [3.05, 3.63) is 55.7 Å². The van der Waals surface area contributed by atoms with Gasteiger partial charge in [0.2, 0.25) is 6.79 Å². The average Bonchev–Trinajstić information content (AvgIpc) is 3.39. The minimum Gasteiger partial charge on any atom is -0.454 e. The molecule has 0 unspecified atom stereocenters. The number of amides is 1. The summed E-state index contributed by atoms with van der Waals surface area (Å²) < 4.78 is 12.9. The third kappa shape index (κ3) is 4.29. The number of carbonyl (C=O) groups excluding carboxylic acids is 1. The molecule has 1 amide bonds. The van der Waals surface area contributed by atoms with Gasteiger partial charge in [-0.2, -0.15) is 5.26 Å². The molecule has 1 aromatic heterocycles. The summed E-state index contributed by atoms with van der Waals surface area (Å²) in [6, 6.07) is 7.68. The van der Waals surface area contributed by atoms with Gasteiger partial charge < -0.3 is 14.8 Å². The van der Waals surface area contributed by atoms with E-state index in [4.69, 9.17) is 21.7 Å². The highest BCUT2D eigenvalue weighted by Gasteiger charge is 2.32. The first-order valence-corrected chi connectivity index (χ1v) is 12.2. The van der Waals surface area contributed by atoms with Gasteiger partial charge in [0.15, 0.2) is 11.5 Å². The molecule has 2 aromatic rings. The molecule has 3 heterocycles. The van der Waals surface area contributed by atoms with E-state index >= 15 is 0 Å². The van der Waals surface area contributed by atoms with Gasteiger partial charge in [0, 0.05) is 25.2 Å².